The summed E-state index contributed by atoms with van der Waals surface area (Å²) in [4.78, 5) is 23.0. The Labute approximate surface area is 140 Å². The fourth-order valence-electron chi connectivity index (χ4n) is 3.50. The van der Waals surface area contributed by atoms with Gasteiger partial charge in [-0.25, -0.2) is 0 Å². The second kappa shape index (κ2) is 5.98. The van der Waals surface area contributed by atoms with Gasteiger partial charge in [-0.1, -0.05) is 5.16 Å². The van der Waals surface area contributed by atoms with Gasteiger partial charge < -0.3 is 14.2 Å². The van der Waals surface area contributed by atoms with Gasteiger partial charge in [0.25, 0.3) is 5.91 Å². The Bertz CT molecular complexity index is 743. The molecule has 1 amide bonds. The molecule has 0 N–H and O–H groups in total. The normalized spacial score (nSPS) is 26.4. The lowest BCUT2D eigenvalue weighted by Gasteiger charge is -2.34. The van der Waals surface area contributed by atoms with E-state index < -0.39 is 0 Å². The summed E-state index contributed by atoms with van der Waals surface area (Å²) in [6, 6.07) is 3.69. The molecule has 2 aliphatic rings. The number of hydrogen-bond donors (Lipinski definition) is 0. The number of carbonyl (C=O) groups is 1. The monoisotopic (exact) mass is 328 g/mol. The molecule has 24 heavy (non-hydrogen) atoms. The Morgan fingerprint density at radius 3 is 2.92 bits per heavy atom. The van der Waals surface area contributed by atoms with Crippen LogP contribution in [0.5, 0.6) is 0 Å². The predicted molar refractivity (Wildman–Crippen MR) is 84.3 cm³/mol. The standard InChI is InChI=1S/C17H20N4O3/c1-10-3-4-13(8-18-10)17(22)21-6-5-12-7-14(23-15(12)9-21)16-19-11(2)24-20-16/h3-4,8,12,14-15H,5-7,9H2,1-2H3/t12-,14+,15+/m1/s1. The summed E-state index contributed by atoms with van der Waals surface area (Å²) in [5.74, 6) is 1.62. The highest BCUT2D eigenvalue weighted by Gasteiger charge is 2.42. The molecule has 2 fully saturated rings. The highest BCUT2D eigenvalue weighted by Crippen LogP contribution is 2.40. The number of amides is 1. The van der Waals surface area contributed by atoms with Crippen LogP contribution in [0.2, 0.25) is 0 Å². The smallest absolute Gasteiger partial charge is 0.255 e. The lowest BCUT2D eigenvalue weighted by molar-refractivity contribution is -0.00748. The van der Waals surface area contributed by atoms with Gasteiger partial charge in [0.05, 0.1) is 11.7 Å². The second-order valence-corrected chi connectivity index (χ2v) is 6.56. The number of rotatable bonds is 2. The van der Waals surface area contributed by atoms with E-state index in [2.05, 4.69) is 15.1 Å². The third kappa shape index (κ3) is 2.80. The molecule has 3 atom stereocenters. The van der Waals surface area contributed by atoms with E-state index in [0.717, 1.165) is 25.1 Å². The summed E-state index contributed by atoms with van der Waals surface area (Å²) in [6.07, 6.45) is 3.36. The van der Waals surface area contributed by atoms with Crippen LogP contribution in [0.25, 0.3) is 0 Å². The largest absolute Gasteiger partial charge is 0.365 e. The van der Waals surface area contributed by atoms with Gasteiger partial charge in [-0.15, -0.1) is 0 Å². The van der Waals surface area contributed by atoms with Crippen LogP contribution in [-0.2, 0) is 4.74 Å². The van der Waals surface area contributed by atoms with Crippen molar-refractivity contribution in [3.63, 3.8) is 0 Å². The van der Waals surface area contributed by atoms with Crippen LogP contribution in [0.4, 0.5) is 0 Å². The van der Waals surface area contributed by atoms with Gasteiger partial charge >= 0.3 is 0 Å². The fraction of sp³-hybridized carbons (Fsp3) is 0.529. The number of pyridine rings is 1. The van der Waals surface area contributed by atoms with E-state index in [4.69, 9.17) is 9.26 Å². The highest BCUT2D eigenvalue weighted by molar-refractivity contribution is 5.94. The first-order valence-corrected chi connectivity index (χ1v) is 8.28. The topological polar surface area (TPSA) is 81.4 Å². The van der Waals surface area contributed by atoms with Gasteiger partial charge in [0, 0.05) is 31.9 Å². The number of ether oxygens (including phenoxy) is 1. The summed E-state index contributed by atoms with van der Waals surface area (Å²) >= 11 is 0. The third-order valence-corrected chi connectivity index (χ3v) is 4.83. The van der Waals surface area contributed by atoms with Crippen LogP contribution < -0.4 is 0 Å². The maximum atomic E-state index is 12.6. The molecule has 4 heterocycles. The Kier molecular flexibility index (Phi) is 3.80. The van der Waals surface area contributed by atoms with Gasteiger partial charge in [0.15, 0.2) is 0 Å². The molecule has 0 bridgehead atoms. The van der Waals surface area contributed by atoms with Crippen LogP contribution in [0.15, 0.2) is 22.9 Å². The molecule has 0 aromatic carbocycles. The molecule has 0 radical (unpaired) electrons. The number of nitrogens with zero attached hydrogens (tertiary/aromatic N) is 4. The molecule has 7 nitrogen and oxygen atoms in total. The Morgan fingerprint density at radius 2 is 2.21 bits per heavy atom. The molecular weight excluding hydrogens is 308 g/mol. The van der Waals surface area contributed by atoms with E-state index in [-0.39, 0.29) is 18.1 Å². The zero-order chi connectivity index (χ0) is 16.7. The molecule has 2 saturated heterocycles. The molecule has 2 aromatic heterocycles. The molecule has 4 rings (SSSR count). The summed E-state index contributed by atoms with van der Waals surface area (Å²) in [5, 5.41) is 3.97. The van der Waals surface area contributed by atoms with Crippen molar-refractivity contribution in [3.05, 3.63) is 41.3 Å². The van der Waals surface area contributed by atoms with Gasteiger partial charge in [-0.3, -0.25) is 9.78 Å². The zero-order valence-electron chi connectivity index (χ0n) is 13.8. The number of piperidine rings is 1. The Hall–Kier alpha value is -2.28. The van der Waals surface area contributed by atoms with E-state index in [1.165, 1.54) is 0 Å². The molecule has 2 aromatic rings. The minimum atomic E-state index is -0.131. The van der Waals surface area contributed by atoms with E-state index in [9.17, 15) is 4.79 Å². The maximum absolute atomic E-state index is 12.6. The van der Waals surface area contributed by atoms with Crippen LogP contribution in [0.3, 0.4) is 0 Å². The molecule has 2 aliphatic heterocycles. The number of aromatic nitrogens is 3. The SMILES string of the molecule is Cc1ccc(C(=O)N2CC[C@@H]3C[C@@H](c4noc(C)n4)O[C@H]3C2)cn1. The van der Waals surface area contributed by atoms with Crippen LogP contribution in [0, 0.1) is 19.8 Å². The molecule has 7 heteroatoms. The van der Waals surface area contributed by atoms with Crippen molar-refractivity contribution in [1.29, 1.82) is 0 Å². The number of carbonyl (C=O) groups excluding carboxylic acids is 1. The highest BCUT2D eigenvalue weighted by atomic mass is 16.5. The van der Waals surface area contributed by atoms with E-state index >= 15 is 0 Å². The van der Waals surface area contributed by atoms with Gasteiger partial charge in [0.2, 0.25) is 11.7 Å². The van der Waals surface area contributed by atoms with E-state index in [0.29, 0.717) is 29.7 Å². The van der Waals surface area contributed by atoms with Crippen molar-refractivity contribution in [3.8, 4) is 0 Å². The quantitative estimate of drug-likeness (QED) is 0.839. The van der Waals surface area contributed by atoms with Crippen molar-refractivity contribution in [1.82, 2.24) is 20.0 Å². The first kappa shape index (κ1) is 15.3. The van der Waals surface area contributed by atoms with Crippen LogP contribution in [0.1, 0.15) is 46.7 Å². The van der Waals surface area contributed by atoms with E-state index in [1.807, 2.05) is 24.0 Å². The molecule has 0 saturated carbocycles. The summed E-state index contributed by atoms with van der Waals surface area (Å²) in [5.41, 5.74) is 1.53. The number of hydrogen-bond acceptors (Lipinski definition) is 6. The Morgan fingerprint density at radius 1 is 1.33 bits per heavy atom. The van der Waals surface area contributed by atoms with Gasteiger partial charge in [-0.05, 0) is 37.8 Å². The van der Waals surface area contributed by atoms with Gasteiger partial charge in [-0.2, -0.15) is 4.98 Å². The summed E-state index contributed by atoms with van der Waals surface area (Å²) in [7, 11) is 0. The van der Waals surface area contributed by atoms with Crippen molar-refractivity contribution < 1.29 is 14.1 Å². The van der Waals surface area contributed by atoms with Crippen LogP contribution >= 0.6 is 0 Å². The number of fused-ring (bicyclic) bond motifs is 1. The molecule has 0 unspecified atom stereocenters. The fourth-order valence-corrected chi connectivity index (χ4v) is 3.50. The molecule has 0 spiro atoms. The summed E-state index contributed by atoms with van der Waals surface area (Å²) in [6.45, 7) is 5.03. The molecule has 0 aliphatic carbocycles. The van der Waals surface area contributed by atoms with Gasteiger partial charge in [0.1, 0.15) is 6.10 Å². The second-order valence-electron chi connectivity index (χ2n) is 6.56. The van der Waals surface area contributed by atoms with Crippen molar-refractivity contribution in [2.24, 2.45) is 5.92 Å². The van der Waals surface area contributed by atoms with E-state index in [1.54, 1.807) is 13.1 Å². The lowest BCUT2D eigenvalue weighted by Crippen LogP contribution is -2.45. The maximum Gasteiger partial charge on any atom is 0.255 e. The minimum absolute atomic E-state index is 0.0170. The first-order valence-electron chi connectivity index (χ1n) is 8.28. The zero-order valence-corrected chi connectivity index (χ0v) is 13.8. The number of likely N-dealkylation sites (tertiary alicyclic amines) is 1. The predicted octanol–water partition coefficient (Wildman–Crippen LogP) is 2.07. The molecule has 126 valence electrons. The Balaban J connectivity index is 1.44. The number of aryl methyl sites for hydroxylation is 2. The summed E-state index contributed by atoms with van der Waals surface area (Å²) < 4.78 is 11.2. The average Bonchev–Trinajstić information content (AvgIpc) is 3.20. The minimum Gasteiger partial charge on any atom is -0.365 e. The lowest BCUT2D eigenvalue weighted by atomic mass is 9.91. The van der Waals surface area contributed by atoms with Crippen molar-refractivity contribution in [2.45, 2.75) is 38.9 Å². The van der Waals surface area contributed by atoms with Crippen molar-refractivity contribution >= 4 is 5.91 Å². The first-order chi connectivity index (χ1) is 11.6. The van der Waals surface area contributed by atoms with Crippen LogP contribution in [-0.4, -0.2) is 45.1 Å². The van der Waals surface area contributed by atoms with Crippen molar-refractivity contribution in [2.75, 3.05) is 13.1 Å². The third-order valence-electron chi connectivity index (χ3n) is 4.83. The molecular formula is C17H20N4O3. The average molecular weight is 328 g/mol.